The molecule has 4 aromatic heterocycles. The maximum atomic E-state index is 11.8. The van der Waals surface area contributed by atoms with Gasteiger partial charge in [0.05, 0.1) is 79.0 Å². The molecule has 0 saturated heterocycles. The lowest BCUT2D eigenvalue weighted by Gasteiger charge is -2.22. The number of aromatic nitrogens is 6. The highest BCUT2D eigenvalue weighted by molar-refractivity contribution is 6.84. The summed E-state index contributed by atoms with van der Waals surface area (Å²) in [5.74, 6) is 3.43. The van der Waals surface area contributed by atoms with Crippen molar-refractivity contribution in [2.45, 2.75) is 41.5 Å². The topological polar surface area (TPSA) is 126 Å². The van der Waals surface area contributed by atoms with Gasteiger partial charge in [0.1, 0.15) is 40.3 Å². The van der Waals surface area contributed by atoms with E-state index >= 15 is 0 Å². The average Bonchev–Trinajstić information content (AvgIpc) is 4.12. The molecule has 0 fully saturated rings. The van der Waals surface area contributed by atoms with Gasteiger partial charge in [0.2, 0.25) is 5.70 Å². The second-order valence-corrected chi connectivity index (χ2v) is 19.8. The Morgan fingerprint density at radius 2 is 1.08 bits per heavy atom. The Bertz CT molecular complexity index is 3990. The molecular formula is C63H57BN8O4. The standard InChI is InChI=1S/C63H57BN8O4/c1-38(2)36-75-46-25-21-42(22-26-46)60-57-58(62(71(60)8)48(33-65)53-34-67-50-31-55(73-9)41(6)30-51(50)69-53)61(43-23-27-47(28-24-43)76-37-39(3)4)72(64(44-17-13-11-14-18-44)45-19-15-12-16-20-45)63(57)59(66-7)54-35-68-49-29-40(5)56(74-10)32-52(49)70-54/h11-32,34-35,38-39H,36-37H2,1-6,8-10H3/b62-48-,63-59+. The second kappa shape index (κ2) is 21.3. The van der Waals surface area contributed by atoms with Crippen molar-refractivity contribution in [2.75, 3.05) is 27.4 Å². The van der Waals surface area contributed by atoms with Gasteiger partial charge in [-0.25, -0.2) is 9.83 Å². The molecule has 0 aliphatic rings. The Morgan fingerprint density at radius 3 is 1.59 bits per heavy atom. The van der Waals surface area contributed by atoms with Gasteiger partial charge in [0.15, 0.2) is 0 Å². The number of fused-ring (bicyclic) bond motifs is 3. The maximum absolute atomic E-state index is 11.8. The van der Waals surface area contributed by atoms with Gasteiger partial charge in [-0.1, -0.05) is 99.3 Å². The van der Waals surface area contributed by atoms with Crippen LogP contribution in [-0.4, -0.2) is 63.3 Å². The third-order valence-electron chi connectivity index (χ3n) is 13.6. The van der Waals surface area contributed by atoms with Gasteiger partial charge in [-0.2, -0.15) is 5.26 Å². The molecule has 0 amide bonds. The Labute approximate surface area is 443 Å². The Morgan fingerprint density at radius 1 is 0.618 bits per heavy atom. The van der Waals surface area contributed by atoms with Gasteiger partial charge in [-0.3, -0.25) is 15.0 Å². The lowest BCUT2D eigenvalue weighted by molar-refractivity contribution is 0.271. The van der Waals surface area contributed by atoms with Crippen molar-refractivity contribution < 1.29 is 18.9 Å². The fraction of sp³-hybridized carbons (Fsp3) is 0.206. The number of ether oxygens (including phenoxy) is 4. The van der Waals surface area contributed by atoms with E-state index in [1.165, 1.54) is 0 Å². The summed E-state index contributed by atoms with van der Waals surface area (Å²) in [5.41, 5.74) is 10.6. The number of nitriles is 1. The Balaban J connectivity index is 1.47. The minimum atomic E-state index is -0.536. The zero-order chi connectivity index (χ0) is 53.2. The molecule has 10 aromatic rings. The van der Waals surface area contributed by atoms with Crippen molar-refractivity contribution in [2.24, 2.45) is 18.9 Å². The normalized spacial score (nSPS) is 12.2. The molecule has 12 nitrogen and oxygen atoms in total. The molecule has 76 heavy (non-hydrogen) atoms. The largest absolute Gasteiger partial charge is 0.496 e. The zero-order valence-electron chi connectivity index (χ0n) is 44.2. The first-order chi connectivity index (χ1) is 36.9. The summed E-state index contributed by atoms with van der Waals surface area (Å²) in [5, 5.41) is 14.4. The van der Waals surface area contributed by atoms with Crippen molar-refractivity contribution in [3.05, 3.63) is 190 Å². The van der Waals surface area contributed by atoms with Crippen LogP contribution in [0, 0.1) is 43.6 Å². The van der Waals surface area contributed by atoms with E-state index in [9.17, 15) is 11.8 Å². The van der Waals surface area contributed by atoms with Crippen molar-refractivity contribution in [3.8, 4) is 51.6 Å². The van der Waals surface area contributed by atoms with Crippen LogP contribution in [0.2, 0.25) is 0 Å². The van der Waals surface area contributed by atoms with Crippen LogP contribution in [0.1, 0.15) is 50.2 Å². The molecule has 0 saturated carbocycles. The molecule has 0 aliphatic carbocycles. The van der Waals surface area contributed by atoms with Gasteiger partial charge in [-0.05, 0) is 109 Å². The summed E-state index contributed by atoms with van der Waals surface area (Å²) >= 11 is 0. The van der Waals surface area contributed by atoms with Gasteiger partial charge in [0.25, 0.3) is 0 Å². The first-order valence-corrected chi connectivity index (χ1v) is 25.4. The lowest BCUT2D eigenvalue weighted by atomic mass is 9.50. The zero-order valence-corrected chi connectivity index (χ0v) is 44.2. The SMILES string of the molecule is [C-]#[N+]/C(c1cnc2cc(C)c(OC)cc2n1)=c1\c2c(-c3ccc(OCC(C)C)cc3)n(C)/c(=C(/C#N)c3cnc4cc(OC)c(C)cc4n3)c2c(-c2ccc(OCC(C)C)cc2)n1B(c1ccccc1)c1ccccc1. The number of aryl methyl sites for hydroxylation is 2. The van der Waals surface area contributed by atoms with E-state index in [-0.39, 0.29) is 11.3 Å². The van der Waals surface area contributed by atoms with Crippen LogP contribution in [0.25, 0.3) is 71.5 Å². The fourth-order valence-electron chi connectivity index (χ4n) is 10.0. The molecule has 0 N–H and O–H groups in total. The molecule has 0 atom stereocenters. The first kappa shape index (κ1) is 50.3. The molecule has 0 bridgehead atoms. The van der Waals surface area contributed by atoms with Crippen LogP contribution in [0.3, 0.4) is 0 Å². The molecule has 13 heteroatoms. The molecule has 0 spiro atoms. The maximum Gasteiger partial charge on any atom is 0.327 e. The number of nitrogens with zero attached hydrogens (tertiary/aromatic N) is 8. The number of benzene rings is 6. The highest BCUT2D eigenvalue weighted by Crippen LogP contribution is 2.37. The molecule has 6 aromatic carbocycles. The van der Waals surface area contributed by atoms with Crippen molar-refractivity contribution in [1.82, 2.24) is 29.0 Å². The quantitative estimate of drug-likeness (QED) is 0.0729. The van der Waals surface area contributed by atoms with Crippen LogP contribution in [0.15, 0.2) is 146 Å². The van der Waals surface area contributed by atoms with Gasteiger partial charge >= 0.3 is 6.85 Å². The molecule has 0 radical (unpaired) electrons. The predicted octanol–water partition coefficient (Wildman–Crippen LogP) is 10.4. The summed E-state index contributed by atoms with van der Waals surface area (Å²) in [6.45, 7) is 22.4. The van der Waals surface area contributed by atoms with Gasteiger partial charge in [0, 0.05) is 47.2 Å². The second-order valence-electron chi connectivity index (χ2n) is 19.8. The monoisotopic (exact) mass is 1000 g/mol. The van der Waals surface area contributed by atoms with E-state index in [4.69, 9.17) is 38.9 Å². The first-order valence-electron chi connectivity index (χ1n) is 25.4. The van der Waals surface area contributed by atoms with Crippen LogP contribution < -0.4 is 40.6 Å². The highest BCUT2D eigenvalue weighted by Gasteiger charge is 2.34. The van der Waals surface area contributed by atoms with Crippen LogP contribution in [0.5, 0.6) is 23.0 Å². The average molecular weight is 1000 g/mol. The van der Waals surface area contributed by atoms with E-state index in [0.29, 0.717) is 80.7 Å². The van der Waals surface area contributed by atoms with E-state index in [1.807, 2.05) is 118 Å². The molecule has 376 valence electrons. The molecular weight excluding hydrogens is 944 g/mol. The Hall–Kier alpha value is -9.20. The van der Waals surface area contributed by atoms with E-state index in [2.05, 4.69) is 84.1 Å². The lowest BCUT2D eigenvalue weighted by Crippen LogP contribution is -2.53. The minimum Gasteiger partial charge on any atom is -0.496 e. The van der Waals surface area contributed by atoms with Crippen molar-refractivity contribution >= 4 is 61.9 Å². The van der Waals surface area contributed by atoms with E-state index in [0.717, 1.165) is 66.8 Å². The number of hydrogen-bond donors (Lipinski definition) is 0. The summed E-state index contributed by atoms with van der Waals surface area (Å²) < 4.78 is 28.3. The number of rotatable bonds is 15. The number of hydrogen-bond acceptors (Lipinski definition) is 9. The smallest absolute Gasteiger partial charge is 0.327 e. The summed E-state index contributed by atoms with van der Waals surface area (Å²) in [6, 6.07) is 47.0. The third-order valence-corrected chi connectivity index (χ3v) is 13.6. The molecule has 0 aliphatic heterocycles. The Kier molecular flexibility index (Phi) is 14.1. The molecule has 10 rings (SSSR count). The summed E-state index contributed by atoms with van der Waals surface area (Å²) in [6.07, 6.45) is 3.34. The van der Waals surface area contributed by atoms with Gasteiger partial charge < -0.3 is 28.0 Å². The van der Waals surface area contributed by atoms with Crippen LogP contribution >= 0.6 is 0 Å². The third kappa shape index (κ3) is 9.48. The van der Waals surface area contributed by atoms with Crippen molar-refractivity contribution in [1.29, 1.82) is 5.26 Å². The summed E-state index contributed by atoms with van der Waals surface area (Å²) in [7, 11) is 5.24. The molecule has 0 unspecified atom stereocenters. The van der Waals surface area contributed by atoms with Crippen molar-refractivity contribution in [3.63, 3.8) is 0 Å². The summed E-state index contributed by atoms with van der Waals surface area (Å²) in [4.78, 5) is 24.8. The van der Waals surface area contributed by atoms with Gasteiger partial charge in [-0.15, -0.1) is 0 Å². The predicted molar refractivity (Wildman–Crippen MR) is 304 cm³/mol. The van der Waals surface area contributed by atoms with Crippen LogP contribution in [0.4, 0.5) is 0 Å². The number of methoxy groups -OCH3 is 2. The van der Waals surface area contributed by atoms with E-state index < -0.39 is 6.85 Å². The fourth-order valence-corrected chi connectivity index (χ4v) is 10.0. The molecule has 4 heterocycles. The highest BCUT2D eigenvalue weighted by atomic mass is 16.5. The van der Waals surface area contributed by atoms with Crippen LogP contribution in [-0.2, 0) is 7.05 Å². The minimum absolute atomic E-state index is 0.252. The van der Waals surface area contributed by atoms with E-state index in [1.54, 1.807) is 26.6 Å².